The summed E-state index contributed by atoms with van der Waals surface area (Å²) in [5, 5.41) is 3.92. The zero-order chi connectivity index (χ0) is 19.4. The fourth-order valence-electron chi connectivity index (χ4n) is 4.61. The Balaban J connectivity index is 1.33. The predicted molar refractivity (Wildman–Crippen MR) is 106 cm³/mol. The quantitative estimate of drug-likeness (QED) is 0.754. The molecule has 0 N–H and O–H groups in total. The summed E-state index contributed by atoms with van der Waals surface area (Å²) in [5.41, 5.74) is 1.29. The number of hydrogen-bond donors (Lipinski definition) is 0. The lowest BCUT2D eigenvalue weighted by Gasteiger charge is -2.46. The van der Waals surface area contributed by atoms with Crippen LogP contribution in [0.25, 0.3) is 0 Å². The Morgan fingerprint density at radius 3 is 2.82 bits per heavy atom. The van der Waals surface area contributed by atoms with Gasteiger partial charge in [-0.05, 0) is 51.5 Å². The summed E-state index contributed by atoms with van der Waals surface area (Å²) < 4.78 is 17.4. The lowest BCUT2D eigenvalue weighted by Crippen LogP contribution is -2.49. The van der Waals surface area contributed by atoms with E-state index in [1.165, 1.54) is 5.56 Å². The van der Waals surface area contributed by atoms with Crippen LogP contribution in [0.4, 0.5) is 0 Å². The molecule has 2 aliphatic heterocycles. The van der Waals surface area contributed by atoms with Gasteiger partial charge in [0.05, 0.1) is 12.2 Å². The number of rotatable bonds is 6. The van der Waals surface area contributed by atoms with Crippen LogP contribution in [0.5, 0.6) is 5.75 Å². The molecule has 152 valence electrons. The second kappa shape index (κ2) is 8.62. The van der Waals surface area contributed by atoms with E-state index in [1.807, 2.05) is 19.9 Å². The van der Waals surface area contributed by atoms with E-state index in [-0.39, 0.29) is 5.60 Å². The maximum atomic E-state index is 6.32. The normalized spacial score (nSPS) is 22.4. The van der Waals surface area contributed by atoms with Gasteiger partial charge in [0, 0.05) is 38.2 Å². The summed E-state index contributed by atoms with van der Waals surface area (Å²) in [4.78, 5) is 6.91. The van der Waals surface area contributed by atoms with Crippen molar-refractivity contribution in [3.63, 3.8) is 0 Å². The Morgan fingerprint density at radius 1 is 1.25 bits per heavy atom. The molecule has 0 amide bonds. The molecule has 2 fully saturated rings. The van der Waals surface area contributed by atoms with Crippen molar-refractivity contribution in [1.29, 1.82) is 0 Å². The number of aryl methyl sites for hydroxylation is 1. The summed E-state index contributed by atoms with van der Waals surface area (Å²) in [6.45, 7) is 8.52. The molecule has 2 aromatic rings. The number of piperidine rings is 1. The first kappa shape index (κ1) is 19.4. The Morgan fingerprint density at radius 2 is 2.07 bits per heavy atom. The molecule has 0 saturated carbocycles. The minimum atomic E-state index is 0.0217. The van der Waals surface area contributed by atoms with E-state index in [9.17, 15) is 0 Å². The van der Waals surface area contributed by atoms with E-state index in [2.05, 4.69) is 33.2 Å². The molecule has 1 spiro atoms. The van der Waals surface area contributed by atoms with Gasteiger partial charge in [0.15, 0.2) is 5.82 Å². The molecule has 3 heterocycles. The molecular weight excluding hydrogens is 354 g/mol. The van der Waals surface area contributed by atoms with Crippen molar-refractivity contribution in [3.8, 4) is 5.75 Å². The Kier molecular flexibility index (Phi) is 5.97. The molecule has 2 saturated heterocycles. The molecule has 0 aliphatic carbocycles. The third-order valence-corrected chi connectivity index (χ3v) is 6.06. The second-order valence-electron chi connectivity index (χ2n) is 8.15. The molecule has 0 radical (unpaired) electrons. The topological polar surface area (TPSA) is 60.6 Å². The summed E-state index contributed by atoms with van der Waals surface area (Å²) in [6, 6.07) is 8.38. The van der Waals surface area contributed by atoms with Crippen molar-refractivity contribution in [2.24, 2.45) is 5.92 Å². The smallest absolute Gasteiger partial charge is 0.226 e. The predicted octanol–water partition coefficient (Wildman–Crippen LogP) is 3.78. The molecule has 1 atom stereocenters. The molecule has 4 rings (SSSR count). The van der Waals surface area contributed by atoms with Gasteiger partial charge < -0.3 is 14.0 Å². The van der Waals surface area contributed by atoms with Crippen LogP contribution >= 0.6 is 0 Å². The van der Waals surface area contributed by atoms with Crippen molar-refractivity contribution >= 4 is 0 Å². The molecule has 1 unspecified atom stereocenters. The molecule has 6 heteroatoms. The standard InChI is InChI=1S/C22H31N3O3/c1-3-26-20-7-5-4-6-19(20)16-25-11-9-22(10-12-25)15-18(8-13-27-22)14-21-23-17(2)24-28-21/h4-7,18H,3,8-16H2,1-2H3. The van der Waals surface area contributed by atoms with Crippen LogP contribution in [0.3, 0.4) is 0 Å². The number of aromatic nitrogens is 2. The lowest BCUT2D eigenvalue weighted by molar-refractivity contribution is -0.128. The highest BCUT2D eigenvalue weighted by atomic mass is 16.5. The van der Waals surface area contributed by atoms with Gasteiger partial charge in [-0.15, -0.1) is 0 Å². The SMILES string of the molecule is CCOc1ccccc1CN1CCC2(CC1)CC(Cc1nc(C)no1)CCO2. The molecule has 1 aromatic carbocycles. The van der Waals surface area contributed by atoms with Crippen LogP contribution in [0, 0.1) is 12.8 Å². The van der Waals surface area contributed by atoms with Crippen molar-refractivity contribution < 1.29 is 14.0 Å². The van der Waals surface area contributed by atoms with Gasteiger partial charge >= 0.3 is 0 Å². The van der Waals surface area contributed by atoms with Gasteiger partial charge in [-0.3, -0.25) is 4.90 Å². The number of benzene rings is 1. The first-order chi connectivity index (χ1) is 13.7. The Labute approximate surface area is 167 Å². The molecule has 1 aromatic heterocycles. The molecule has 28 heavy (non-hydrogen) atoms. The van der Waals surface area contributed by atoms with Crippen LogP contribution in [-0.2, 0) is 17.7 Å². The number of nitrogens with zero attached hydrogens (tertiary/aromatic N) is 3. The third kappa shape index (κ3) is 4.55. The van der Waals surface area contributed by atoms with Crippen LogP contribution in [-0.4, -0.2) is 46.9 Å². The minimum Gasteiger partial charge on any atom is -0.494 e. The zero-order valence-corrected chi connectivity index (χ0v) is 17.0. The van der Waals surface area contributed by atoms with Crippen molar-refractivity contribution in [3.05, 3.63) is 41.5 Å². The van der Waals surface area contributed by atoms with E-state index in [1.54, 1.807) is 0 Å². The first-order valence-corrected chi connectivity index (χ1v) is 10.5. The van der Waals surface area contributed by atoms with E-state index in [0.29, 0.717) is 12.5 Å². The highest BCUT2D eigenvalue weighted by molar-refractivity contribution is 5.33. The lowest BCUT2D eigenvalue weighted by atomic mass is 9.78. The highest BCUT2D eigenvalue weighted by Crippen LogP contribution is 2.39. The second-order valence-corrected chi connectivity index (χ2v) is 8.15. The van der Waals surface area contributed by atoms with Crippen LogP contribution in [0.2, 0.25) is 0 Å². The van der Waals surface area contributed by atoms with Gasteiger partial charge in [0.25, 0.3) is 0 Å². The van der Waals surface area contributed by atoms with Crippen LogP contribution in [0.1, 0.15) is 49.9 Å². The monoisotopic (exact) mass is 385 g/mol. The third-order valence-electron chi connectivity index (χ3n) is 6.06. The van der Waals surface area contributed by atoms with Gasteiger partial charge in [-0.2, -0.15) is 4.98 Å². The fourth-order valence-corrected chi connectivity index (χ4v) is 4.61. The van der Waals surface area contributed by atoms with Crippen LogP contribution < -0.4 is 4.74 Å². The molecule has 6 nitrogen and oxygen atoms in total. The zero-order valence-electron chi connectivity index (χ0n) is 17.0. The summed E-state index contributed by atoms with van der Waals surface area (Å²) in [5.74, 6) is 3.06. The summed E-state index contributed by atoms with van der Waals surface area (Å²) in [7, 11) is 0. The van der Waals surface area contributed by atoms with E-state index in [0.717, 1.165) is 75.8 Å². The van der Waals surface area contributed by atoms with Crippen LogP contribution in [0.15, 0.2) is 28.8 Å². The van der Waals surface area contributed by atoms with E-state index in [4.69, 9.17) is 14.0 Å². The average molecular weight is 386 g/mol. The maximum absolute atomic E-state index is 6.32. The van der Waals surface area contributed by atoms with Gasteiger partial charge in [-0.25, -0.2) is 0 Å². The number of ether oxygens (including phenoxy) is 2. The maximum Gasteiger partial charge on any atom is 0.226 e. The highest BCUT2D eigenvalue weighted by Gasteiger charge is 2.40. The molecular formula is C22H31N3O3. The number of para-hydroxylation sites is 1. The van der Waals surface area contributed by atoms with Crippen molar-refractivity contribution in [2.45, 2.75) is 58.1 Å². The first-order valence-electron chi connectivity index (χ1n) is 10.5. The van der Waals surface area contributed by atoms with E-state index < -0.39 is 0 Å². The number of hydrogen-bond acceptors (Lipinski definition) is 6. The minimum absolute atomic E-state index is 0.0217. The van der Waals surface area contributed by atoms with Gasteiger partial charge in [-0.1, -0.05) is 23.4 Å². The number of likely N-dealkylation sites (tertiary alicyclic amines) is 1. The fraction of sp³-hybridized carbons (Fsp3) is 0.636. The summed E-state index contributed by atoms with van der Waals surface area (Å²) >= 11 is 0. The van der Waals surface area contributed by atoms with Gasteiger partial charge in [0.1, 0.15) is 5.75 Å². The molecule has 0 bridgehead atoms. The Hall–Kier alpha value is -1.92. The van der Waals surface area contributed by atoms with Gasteiger partial charge in [0.2, 0.25) is 5.89 Å². The molecule has 2 aliphatic rings. The van der Waals surface area contributed by atoms with Crippen molar-refractivity contribution in [1.82, 2.24) is 15.0 Å². The Bertz CT molecular complexity index is 768. The summed E-state index contributed by atoms with van der Waals surface area (Å²) in [6.07, 6.45) is 5.22. The largest absolute Gasteiger partial charge is 0.494 e. The van der Waals surface area contributed by atoms with E-state index >= 15 is 0 Å². The van der Waals surface area contributed by atoms with Crippen molar-refractivity contribution in [2.75, 3.05) is 26.3 Å². The average Bonchev–Trinajstić information content (AvgIpc) is 3.10.